The molecule has 0 radical (unpaired) electrons. The van der Waals surface area contributed by atoms with Crippen molar-refractivity contribution in [2.75, 3.05) is 0 Å². The third-order valence-corrected chi connectivity index (χ3v) is 9.01. The fourth-order valence-corrected chi connectivity index (χ4v) is 6.54. The van der Waals surface area contributed by atoms with E-state index < -0.39 is 13.5 Å². The van der Waals surface area contributed by atoms with Crippen molar-refractivity contribution in [2.24, 2.45) is 0 Å². The van der Waals surface area contributed by atoms with Crippen LogP contribution >= 0.6 is 15.9 Å². The van der Waals surface area contributed by atoms with Crippen molar-refractivity contribution < 1.29 is 13.8 Å². The van der Waals surface area contributed by atoms with Crippen LogP contribution in [0.2, 0.25) is 11.1 Å². The molecule has 2 rings (SSSR count). The van der Waals surface area contributed by atoms with Crippen LogP contribution in [0.1, 0.15) is 27.7 Å². The lowest BCUT2D eigenvalue weighted by Gasteiger charge is -2.37. The first-order valence-electron chi connectivity index (χ1n) is 8.13. The highest BCUT2D eigenvalue weighted by Crippen LogP contribution is 2.39. The fraction of sp³-hybridized carbons (Fsp3) is 0.333. The summed E-state index contributed by atoms with van der Waals surface area (Å²) >= 11 is 3.52. The number of non-ortho nitro benzene ring substituents is 1. The summed E-state index contributed by atoms with van der Waals surface area (Å²) in [7, 11) is -2.71. The number of para-hydroxylation sites is 1. The monoisotopic (exact) mass is 423 g/mol. The van der Waals surface area contributed by atoms with E-state index in [9.17, 15) is 10.1 Å². The summed E-state index contributed by atoms with van der Waals surface area (Å²) in [5.41, 5.74) is 0.394. The first kappa shape index (κ1) is 19.5. The molecule has 0 amide bonds. The van der Waals surface area contributed by atoms with E-state index in [1.807, 2.05) is 24.3 Å². The second-order valence-electron chi connectivity index (χ2n) is 6.42. The molecule has 2 aromatic rings. The molecule has 7 heteroatoms. The van der Waals surface area contributed by atoms with Crippen LogP contribution in [-0.2, 0) is 0 Å². The molecule has 0 saturated heterocycles. The van der Waals surface area contributed by atoms with Crippen molar-refractivity contribution >= 4 is 30.2 Å². The van der Waals surface area contributed by atoms with Gasteiger partial charge in [-0.15, -0.1) is 0 Å². The molecule has 0 aliphatic heterocycles. The highest BCUT2D eigenvalue weighted by atomic mass is 79.9. The van der Waals surface area contributed by atoms with Crippen molar-refractivity contribution in [3.05, 3.63) is 63.1 Å². The number of benzene rings is 2. The number of nitrogens with zero attached hydrogens (tertiary/aromatic N) is 1. The number of nitro groups is 1. The Morgan fingerprint density at radius 2 is 1.52 bits per heavy atom. The van der Waals surface area contributed by atoms with E-state index in [4.69, 9.17) is 8.85 Å². The summed E-state index contributed by atoms with van der Waals surface area (Å²) in [6.45, 7) is 8.37. The van der Waals surface area contributed by atoms with Crippen molar-refractivity contribution in [1.82, 2.24) is 0 Å². The summed E-state index contributed by atoms with van der Waals surface area (Å²) < 4.78 is 13.7. The topological polar surface area (TPSA) is 61.6 Å². The van der Waals surface area contributed by atoms with Gasteiger partial charge in [0, 0.05) is 23.2 Å². The lowest BCUT2D eigenvalue weighted by atomic mass is 10.3. The van der Waals surface area contributed by atoms with Gasteiger partial charge in [-0.25, -0.2) is 0 Å². The molecule has 134 valence electrons. The highest BCUT2D eigenvalue weighted by molar-refractivity contribution is 9.10. The third kappa shape index (κ3) is 4.41. The van der Waals surface area contributed by atoms with Crippen LogP contribution in [0.3, 0.4) is 0 Å². The molecule has 5 nitrogen and oxygen atoms in total. The smallest absolute Gasteiger partial charge is 0.465 e. The zero-order valence-electron chi connectivity index (χ0n) is 14.7. The average molecular weight is 424 g/mol. The first-order chi connectivity index (χ1) is 11.8. The standard InChI is InChI=1S/C18H22BrNO4Si/c1-13(2)25(14(3)4,24-18-8-6-5-7-17(18)19)23-16-11-9-15(10-12-16)20(21)22/h5-14H,1-4H3. The van der Waals surface area contributed by atoms with Crippen LogP contribution < -0.4 is 8.85 Å². The second-order valence-corrected chi connectivity index (χ2v) is 11.4. The average Bonchev–Trinajstić information content (AvgIpc) is 2.56. The molecule has 0 fully saturated rings. The van der Waals surface area contributed by atoms with E-state index >= 15 is 0 Å². The minimum absolute atomic E-state index is 0.0421. The van der Waals surface area contributed by atoms with Crippen LogP contribution in [0.15, 0.2) is 53.0 Å². The Balaban J connectivity index is 2.38. The Hall–Kier alpha value is -1.86. The minimum atomic E-state index is -2.71. The van der Waals surface area contributed by atoms with E-state index in [2.05, 4.69) is 43.6 Å². The highest BCUT2D eigenvalue weighted by Gasteiger charge is 2.49. The van der Waals surface area contributed by atoms with Gasteiger partial charge in [0.2, 0.25) is 0 Å². The number of hydrogen-bond acceptors (Lipinski definition) is 4. The molecule has 0 spiro atoms. The van der Waals surface area contributed by atoms with E-state index in [1.165, 1.54) is 12.1 Å². The third-order valence-electron chi connectivity index (χ3n) is 4.04. The van der Waals surface area contributed by atoms with Crippen LogP contribution in [0.25, 0.3) is 0 Å². The fourth-order valence-electron chi connectivity index (χ4n) is 2.68. The first-order valence-corrected chi connectivity index (χ1v) is 10.9. The molecule has 25 heavy (non-hydrogen) atoms. The molecule has 0 N–H and O–H groups in total. The van der Waals surface area contributed by atoms with Crippen molar-refractivity contribution in [3.8, 4) is 11.5 Å². The maximum absolute atomic E-state index is 10.8. The SMILES string of the molecule is CC(C)[Si](Oc1ccc([N+](=O)[O-])cc1)(Oc1ccccc1Br)C(C)C. The minimum Gasteiger partial charge on any atom is -0.512 e. The van der Waals surface area contributed by atoms with Crippen molar-refractivity contribution in [1.29, 1.82) is 0 Å². The lowest BCUT2D eigenvalue weighted by Crippen LogP contribution is -2.54. The van der Waals surface area contributed by atoms with Crippen LogP contribution in [-0.4, -0.2) is 13.5 Å². The van der Waals surface area contributed by atoms with Gasteiger partial charge in [0.1, 0.15) is 11.5 Å². The van der Waals surface area contributed by atoms with Gasteiger partial charge in [0.15, 0.2) is 0 Å². The molecule has 0 unspecified atom stereocenters. The van der Waals surface area contributed by atoms with Crippen molar-refractivity contribution in [2.45, 2.75) is 38.8 Å². The molecule has 0 atom stereocenters. The van der Waals surface area contributed by atoms with Gasteiger partial charge in [-0.3, -0.25) is 10.1 Å². The summed E-state index contributed by atoms with van der Waals surface area (Å²) in [5.74, 6) is 1.34. The van der Waals surface area contributed by atoms with E-state index in [-0.39, 0.29) is 16.8 Å². The quantitative estimate of drug-likeness (QED) is 0.307. The van der Waals surface area contributed by atoms with Gasteiger partial charge in [-0.2, -0.15) is 0 Å². The summed E-state index contributed by atoms with van der Waals surface area (Å²) in [6.07, 6.45) is 0. The summed E-state index contributed by atoms with van der Waals surface area (Å²) in [4.78, 5) is 10.4. The van der Waals surface area contributed by atoms with Gasteiger partial charge in [0.05, 0.1) is 9.40 Å². The number of rotatable bonds is 7. The van der Waals surface area contributed by atoms with Crippen molar-refractivity contribution in [3.63, 3.8) is 0 Å². The van der Waals surface area contributed by atoms with Gasteiger partial charge < -0.3 is 8.85 Å². The largest absolute Gasteiger partial charge is 0.512 e. The maximum Gasteiger partial charge on any atom is 0.465 e. The zero-order chi connectivity index (χ0) is 18.6. The Kier molecular flexibility index (Phi) is 6.24. The normalized spacial score (nSPS) is 11.6. The summed E-state index contributed by atoms with van der Waals surface area (Å²) in [6, 6.07) is 13.9. The molecule has 0 saturated carbocycles. The molecular weight excluding hydrogens is 402 g/mol. The number of hydrogen-bond donors (Lipinski definition) is 0. The Bertz CT molecular complexity index is 726. The number of halogens is 1. The Labute approximate surface area is 157 Å². The second kappa shape index (κ2) is 8.01. The molecule has 0 aliphatic carbocycles. The molecular formula is C18H22BrNO4Si. The van der Waals surface area contributed by atoms with Crippen LogP contribution in [0.4, 0.5) is 5.69 Å². The van der Waals surface area contributed by atoms with E-state index in [0.29, 0.717) is 5.75 Å². The van der Waals surface area contributed by atoms with Gasteiger partial charge in [-0.05, 0) is 40.2 Å². The lowest BCUT2D eigenvalue weighted by molar-refractivity contribution is -0.384. The molecule has 2 aromatic carbocycles. The van der Waals surface area contributed by atoms with Gasteiger partial charge >= 0.3 is 8.56 Å². The summed E-state index contributed by atoms with van der Waals surface area (Å²) in [5, 5.41) is 10.8. The molecule has 0 aliphatic rings. The predicted molar refractivity (Wildman–Crippen MR) is 104 cm³/mol. The molecule has 0 aromatic heterocycles. The van der Waals surface area contributed by atoms with Gasteiger partial charge in [0.25, 0.3) is 5.69 Å². The predicted octanol–water partition coefficient (Wildman–Crippen LogP) is 6.08. The Morgan fingerprint density at radius 3 is 2.00 bits per heavy atom. The Morgan fingerprint density at radius 1 is 0.960 bits per heavy atom. The number of nitro benzene ring substituents is 1. The maximum atomic E-state index is 10.8. The van der Waals surface area contributed by atoms with Crippen LogP contribution in [0, 0.1) is 10.1 Å². The van der Waals surface area contributed by atoms with Gasteiger partial charge in [-0.1, -0.05) is 39.8 Å². The molecule has 0 heterocycles. The molecule has 0 bridgehead atoms. The van der Waals surface area contributed by atoms with E-state index in [1.54, 1.807) is 12.1 Å². The van der Waals surface area contributed by atoms with Crippen LogP contribution in [0.5, 0.6) is 11.5 Å². The zero-order valence-corrected chi connectivity index (χ0v) is 17.3. The van der Waals surface area contributed by atoms with E-state index in [0.717, 1.165) is 10.2 Å².